The molecule has 13 heavy (non-hydrogen) atoms. The third-order valence-electron chi connectivity index (χ3n) is 3.60. The van der Waals surface area contributed by atoms with E-state index in [1.807, 2.05) is 0 Å². The van der Waals surface area contributed by atoms with Crippen molar-refractivity contribution in [1.82, 2.24) is 4.90 Å². The van der Waals surface area contributed by atoms with Gasteiger partial charge >= 0.3 is 0 Å². The predicted octanol–water partition coefficient (Wildman–Crippen LogP) is 0.476. The minimum Gasteiger partial charge on any atom is -0.395 e. The highest BCUT2D eigenvalue weighted by Crippen LogP contribution is 2.37. The van der Waals surface area contributed by atoms with Gasteiger partial charge in [0.05, 0.1) is 19.3 Å². The van der Waals surface area contributed by atoms with E-state index in [0.29, 0.717) is 24.1 Å². The van der Waals surface area contributed by atoms with Gasteiger partial charge in [-0.2, -0.15) is 0 Å². The lowest BCUT2D eigenvalue weighted by Crippen LogP contribution is -2.36. The summed E-state index contributed by atoms with van der Waals surface area (Å²) in [6.07, 6.45) is 2.76. The summed E-state index contributed by atoms with van der Waals surface area (Å²) < 4.78 is 5.36. The molecule has 0 spiro atoms. The summed E-state index contributed by atoms with van der Waals surface area (Å²) in [5.41, 5.74) is 0. The van der Waals surface area contributed by atoms with Crippen molar-refractivity contribution < 1.29 is 9.84 Å². The summed E-state index contributed by atoms with van der Waals surface area (Å²) in [6.45, 7) is 3.44. The van der Waals surface area contributed by atoms with Gasteiger partial charge < -0.3 is 9.84 Å². The first-order valence-corrected chi connectivity index (χ1v) is 5.22. The molecule has 2 aliphatic heterocycles. The molecule has 0 aliphatic carbocycles. The van der Waals surface area contributed by atoms with Gasteiger partial charge in [0.25, 0.3) is 0 Å². The van der Waals surface area contributed by atoms with Crippen molar-refractivity contribution in [3.8, 4) is 0 Å². The van der Waals surface area contributed by atoms with Crippen LogP contribution in [0.4, 0.5) is 0 Å². The lowest BCUT2D eigenvalue weighted by Gasteiger charge is -2.25. The molecule has 0 amide bonds. The molecular formula is C10H19NO2. The largest absolute Gasteiger partial charge is 0.395 e. The Morgan fingerprint density at radius 3 is 2.69 bits per heavy atom. The number of nitrogens with zero attached hydrogens (tertiary/aromatic N) is 1. The lowest BCUT2D eigenvalue weighted by atomic mass is 9.94. The fourth-order valence-electron chi connectivity index (χ4n) is 2.71. The smallest absolute Gasteiger partial charge is 0.0853 e. The van der Waals surface area contributed by atoms with Crippen molar-refractivity contribution in [2.75, 3.05) is 20.3 Å². The van der Waals surface area contributed by atoms with Crippen LogP contribution in [0.15, 0.2) is 0 Å². The number of hydrogen-bond donors (Lipinski definition) is 1. The number of likely N-dealkylation sites (tertiary alicyclic amines) is 1. The molecule has 3 nitrogen and oxygen atoms in total. The molecule has 0 radical (unpaired) electrons. The Bertz CT molecular complexity index is 182. The van der Waals surface area contributed by atoms with E-state index in [4.69, 9.17) is 4.74 Å². The Morgan fingerprint density at radius 1 is 1.54 bits per heavy atom. The van der Waals surface area contributed by atoms with Crippen molar-refractivity contribution >= 4 is 0 Å². The normalized spacial score (nSPS) is 45.5. The summed E-state index contributed by atoms with van der Waals surface area (Å²) in [6, 6.07) is 0.976. The van der Waals surface area contributed by atoms with E-state index in [-0.39, 0.29) is 6.61 Å². The zero-order valence-electron chi connectivity index (χ0n) is 8.44. The number of aliphatic hydroxyl groups excluding tert-OH is 1. The van der Waals surface area contributed by atoms with Crippen LogP contribution in [0, 0.1) is 5.92 Å². The number of aliphatic hydroxyl groups is 1. The second-order valence-electron chi connectivity index (χ2n) is 4.25. The van der Waals surface area contributed by atoms with Crippen LogP contribution < -0.4 is 0 Å². The highest BCUT2D eigenvalue weighted by Gasteiger charge is 2.46. The molecular weight excluding hydrogens is 166 g/mol. The van der Waals surface area contributed by atoms with Crippen LogP contribution in [-0.2, 0) is 4.74 Å². The third kappa shape index (κ3) is 1.60. The van der Waals surface area contributed by atoms with Gasteiger partial charge in [0.1, 0.15) is 0 Å². The van der Waals surface area contributed by atoms with Crippen molar-refractivity contribution in [3.63, 3.8) is 0 Å². The fourth-order valence-corrected chi connectivity index (χ4v) is 2.71. The molecule has 4 unspecified atom stereocenters. The van der Waals surface area contributed by atoms with Gasteiger partial charge in [0.2, 0.25) is 0 Å². The van der Waals surface area contributed by atoms with Crippen LogP contribution in [0.2, 0.25) is 0 Å². The van der Waals surface area contributed by atoms with E-state index in [0.717, 1.165) is 19.4 Å². The molecule has 2 heterocycles. The minimum atomic E-state index is 0.288. The fraction of sp³-hybridized carbons (Fsp3) is 1.00. The number of ether oxygens (including phenoxy) is 1. The van der Waals surface area contributed by atoms with Crippen LogP contribution in [0.3, 0.4) is 0 Å². The summed E-state index contributed by atoms with van der Waals surface area (Å²) in [5.74, 6) is 0.659. The topological polar surface area (TPSA) is 36.0 Å². The Labute approximate surface area is 79.7 Å². The first-order chi connectivity index (χ1) is 6.27. The molecule has 0 aromatic rings. The molecule has 0 aromatic carbocycles. The molecule has 0 aromatic heterocycles. The maximum absolute atomic E-state index is 9.19. The van der Waals surface area contributed by atoms with Crippen molar-refractivity contribution in [3.05, 3.63) is 0 Å². The summed E-state index contributed by atoms with van der Waals surface area (Å²) in [5, 5.41) is 9.19. The van der Waals surface area contributed by atoms with E-state index < -0.39 is 0 Å². The zero-order valence-corrected chi connectivity index (χ0v) is 8.44. The Hall–Kier alpha value is -0.120. The van der Waals surface area contributed by atoms with Crippen molar-refractivity contribution in [2.45, 2.75) is 38.0 Å². The Balaban J connectivity index is 2.02. The average Bonchev–Trinajstić information content (AvgIpc) is 2.91. The van der Waals surface area contributed by atoms with Crippen molar-refractivity contribution in [1.29, 1.82) is 0 Å². The van der Waals surface area contributed by atoms with Crippen molar-refractivity contribution in [2.24, 2.45) is 5.92 Å². The van der Waals surface area contributed by atoms with E-state index in [1.54, 1.807) is 0 Å². The van der Waals surface area contributed by atoms with E-state index >= 15 is 0 Å². The Morgan fingerprint density at radius 2 is 2.23 bits per heavy atom. The maximum Gasteiger partial charge on any atom is 0.0853 e. The molecule has 2 saturated heterocycles. The van der Waals surface area contributed by atoms with Gasteiger partial charge in [0.15, 0.2) is 0 Å². The average molecular weight is 185 g/mol. The molecule has 4 atom stereocenters. The summed E-state index contributed by atoms with van der Waals surface area (Å²) in [7, 11) is 2.12. The summed E-state index contributed by atoms with van der Waals surface area (Å²) in [4.78, 5) is 2.33. The highest BCUT2D eigenvalue weighted by molar-refractivity contribution is 4.97. The van der Waals surface area contributed by atoms with Crippen LogP contribution in [0.5, 0.6) is 0 Å². The molecule has 0 bridgehead atoms. The standard InChI is InChI=1S/C10H19NO2/c1-3-9-8(10-6-13-10)4-7(5-12)11(9)2/h7-10,12H,3-6H2,1-2H3. The van der Waals surface area contributed by atoms with Crippen LogP contribution in [-0.4, -0.2) is 48.5 Å². The molecule has 2 fully saturated rings. The van der Waals surface area contributed by atoms with Gasteiger partial charge in [-0.05, 0) is 19.9 Å². The van der Waals surface area contributed by atoms with Gasteiger partial charge in [-0.15, -0.1) is 0 Å². The number of epoxide rings is 1. The van der Waals surface area contributed by atoms with E-state index in [9.17, 15) is 5.11 Å². The number of likely N-dealkylation sites (N-methyl/N-ethyl adjacent to an activating group) is 1. The summed E-state index contributed by atoms with van der Waals surface area (Å²) >= 11 is 0. The predicted molar refractivity (Wildman–Crippen MR) is 50.6 cm³/mol. The SMILES string of the molecule is CCC1C(C2CO2)CC(CO)N1C. The second-order valence-corrected chi connectivity index (χ2v) is 4.25. The molecule has 3 heteroatoms. The van der Waals surface area contributed by atoms with Gasteiger partial charge in [-0.1, -0.05) is 6.92 Å². The van der Waals surface area contributed by atoms with Gasteiger partial charge in [0, 0.05) is 18.0 Å². The highest BCUT2D eigenvalue weighted by atomic mass is 16.6. The maximum atomic E-state index is 9.19. The van der Waals surface area contributed by atoms with Gasteiger partial charge in [-0.3, -0.25) is 4.90 Å². The molecule has 2 aliphatic rings. The van der Waals surface area contributed by atoms with Gasteiger partial charge in [-0.25, -0.2) is 0 Å². The van der Waals surface area contributed by atoms with Crippen LogP contribution >= 0.6 is 0 Å². The Kier molecular flexibility index (Phi) is 2.58. The quantitative estimate of drug-likeness (QED) is 0.649. The number of rotatable bonds is 3. The monoisotopic (exact) mass is 185 g/mol. The minimum absolute atomic E-state index is 0.288. The molecule has 0 saturated carbocycles. The molecule has 2 rings (SSSR count). The second kappa shape index (κ2) is 3.56. The number of hydrogen-bond acceptors (Lipinski definition) is 3. The van der Waals surface area contributed by atoms with E-state index in [2.05, 4.69) is 18.9 Å². The first kappa shape index (κ1) is 9.44. The zero-order chi connectivity index (χ0) is 9.42. The third-order valence-corrected chi connectivity index (χ3v) is 3.60. The first-order valence-electron chi connectivity index (χ1n) is 5.22. The molecule has 1 N–H and O–H groups in total. The van der Waals surface area contributed by atoms with E-state index in [1.165, 1.54) is 0 Å². The molecule has 76 valence electrons. The van der Waals surface area contributed by atoms with Crippen LogP contribution in [0.25, 0.3) is 0 Å². The lowest BCUT2D eigenvalue weighted by molar-refractivity contribution is 0.148. The van der Waals surface area contributed by atoms with Crippen LogP contribution in [0.1, 0.15) is 19.8 Å².